The molecule has 0 aliphatic heterocycles. The summed E-state index contributed by atoms with van der Waals surface area (Å²) in [4.78, 5) is 9.48. The highest BCUT2D eigenvalue weighted by Gasteiger charge is 2.39. The Labute approximate surface area is 325 Å². The fraction of sp³-hybridized carbons (Fsp3) is 0.135. The normalized spacial score (nSPS) is 15.4. The fourth-order valence-corrected chi connectivity index (χ4v) is 8.66. The summed E-state index contributed by atoms with van der Waals surface area (Å²) in [6.07, 6.45) is 7.61. The van der Waals surface area contributed by atoms with Gasteiger partial charge in [0, 0.05) is 45.6 Å². The molecule has 0 N–H and O–H groups in total. The molecule has 0 amide bonds. The third-order valence-corrected chi connectivity index (χ3v) is 11.6. The largest absolute Gasteiger partial charge is 0.334 e. The third kappa shape index (κ3) is 6.26. The summed E-state index contributed by atoms with van der Waals surface area (Å²) in [6.45, 7) is 9.09. The lowest BCUT2D eigenvalue weighted by molar-refractivity contribution is 0.647. The van der Waals surface area contributed by atoms with Crippen LogP contribution in [0.15, 0.2) is 188 Å². The zero-order valence-corrected chi connectivity index (χ0v) is 31.9. The fourth-order valence-electron chi connectivity index (χ4n) is 8.66. The van der Waals surface area contributed by atoms with E-state index >= 15 is 0 Å². The summed E-state index contributed by atoms with van der Waals surface area (Å²) in [5.74, 6) is 0. The Hall–Kier alpha value is -6.45. The van der Waals surface area contributed by atoms with Gasteiger partial charge >= 0.3 is 0 Å². The summed E-state index contributed by atoms with van der Waals surface area (Å²) in [5.41, 5.74) is 18.5. The molecule has 0 saturated heterocycles. The topological polar surface area (TPSA) is 19.4 Å². The van der Waals surface area contributed by atoms with E-state index in [9.17, 15) is 0 Å². The van der Waals surface area contributed by atoms with Crippen LogP contribution in [-0.4, -0.2) is 11.0 Å². The standard InChI is InChI=1S/C52H45N3/c1-36-13-5-9-18-50(36)55(51-19-10-6-14-37(51)2)43-28-22-39(23-29-43)38-20-26-41(27-21-38)54(42-30-24-40(25-31-42)49-17-11-12-34-53-49)44-32-33-48-46(35-44)45-15-7-8-16-47(45)52(48,3)4/h5-34,44H,35H2,1-4H3. The number of para-hydroxylation sites is 2. The first-order valence-electron chi connectivity index (χ1n) is 19.3. The molecule has 7 aromatic rings. The van der Waals surface area contributed by atoms with Gasteiger partial charge in [0.1, 0.15) is 0 Å². The Morgan fingerprint density at radius 1 is 0.545 bits per heavy atom. The van der Waals surface area contributed by atoms with E-state index in [1.54, 1.807) is 0 Å². The van der Waals surface area contributed by atoms with Crippen molar-refractivity contribution in [2.75, 3.05) is 9.80 Å². The summed E-state index contributed by atoms with van der Waals surface area (Å²) < 4.78 is 0. The molecule has 3 heteroatoms. The van der Waals surface area contributed by atoms with Crippen LogP contribution in [0, 0.1) is 13.8 Å². The van der Waals surface area contributed by atoms with Crippen molar-refractivity contribution in [3.05, 3.63) is 210 Å². The molecule has 2 aliphatic carbocycles. The quantitative estimate of drug-likeness (QED) is 0.156. The molecule has 1 atom stereocenters. The first-order valence-corrected chi connectivity index (χ1v) is 19.3. The maximum Gasteiger partial charge on any atom is 0.0701 e. The predicted octanol–water partition coefficient (Wildman–Crippen LogP) is 13.7. The Morgan fingerprint density at radius 3 is 1.65 bits per heavy atom. The lowest BCUT2D eigenvalue weighted by Crippen LogP contribution is -2.31. The Balaban J connectivity index is 1.05. The number of nitrogens with zero attached hydrogens (tertiary/aromatic N) is 3. The summed E-state index contributed by atoms with van der Waals surface area (Å²) >= 11 is 0. The van der Waals surface area contributed by atoms with E-state index in [1.807, 2.05) is 18.3 Å². The Kier molecular flexibility index (Phi) is 8.79. The summed E-state index contributed by atoms with van der Waals surface area (Å²) in [7, 11) is 0. The van der Waals surface area contributed by atoms with Crippen molar-refractivity contribution < 1.29 is 0 Å². The van der Waals surface area contributed by atoms with Crippen molar-refractivity contribution in [2.24, 2.45) is 0 Å². The molecular weight excluding hydrogens is 667 g/mol. The highest BCUT2D eigenvalue weighted by molar-refractivity contribution is 5.86. The molecule has 268 valence electrons. The van der Waals surface area contributed by atoms with Crippen LogP contribution in [0.3, 0.4) is 0 Å². The van der Waals surface area contributed by atoms with Gasteiger partial charge in [0.15, 0.2) is 0 Å². The number of allylic oxidation sites excluding steroid dienone is 2. The molecule has 9 rings (SSSR count). The van der Waals surface area contributed by atoms with Crippen LogP contribution in [0.1, 0.15) is 42.5 Å². The average Bonchev–Trinajstić information content (AvgIpc) is 3.46. The highest BCUT2D eigenvalue weighted by atomic mass is 15.2. The van der Waals surface area contributed by atoms with Gasteiger partial charge in [-0.1, -0.05) is 129 Å². The average molecular weight is 712 g/mol. The minimum Gasteiger partial charge on any atom is -0.334 e. The van der Waals surface area contributed by atoms with Crippen LogP contribution >= 0.6 is 0 Å². The summed E-state index contributed by atoms with van der Waals surface area (Å²) in [6, 6.07) is 59.4. The molecular formula is C52H45N3. The van der Waals surface area contributed by atoms with Gasteiger partial charge in [0.05, 0.1) is 11.7 Å². The number of pyridine rings is 1. The second-order valence-electron chi connectivity index (χ2n) is 15.3. The molecule has 1 unspecified atom stereocenters. The van der Waals surface area contributed by atoms with Crippen LogP contribution in [0.25, 0.3) is 28.0 Å². The van der Waals surface area contributed by atoms with E-state index < -0.39 is 0 Å². The van der Waals surface area contributed by atoms with Crippen molar-refractivity contribution in [1.29, 1.82) is 0 Å². The predicted molar refractivity (Wildman–Crippen MR) is 232 cm³/mol. The van der Waals surface area contributed by atoms with Gasteiger partial charge in [-0.3, -0.25) is 4.98 Å². The number of hydrogen-bond donors (Lipinski definition) is 0. The molecule has 0 bridgehead atoms. The smallest absolute Gasteiger partial charge is 0.0701 e. The van der Waals surface area contributed by atoms with Crippen molar-refractivity contribution >= 4 is 34.0 Å². The van der Waals surface area contributed by atoms with Crippen molar-refractivity contribution in [3.63, 3.8) is 0 Å². The third-order valence-electron chi connectivity index (χ3n) is 11.6. The van der Waals surface area contributed by atoms with Crippen LogP contribution in [0.5, 0.6) is 0 Å². The van der Waals surface area contributed by atoms with E-state index in [1.165, 1.54) is 61.6 Å². The molecule has 0 saturated carbocycles. The summed E-state index contributed by atoms with van der Waals surface area (Å²) in [5, 5.41) is 0. The van der Waals surface area contributed by atoms with Crippen molar-refractivity contribution in [1.82, 2.24) is 4.98 Å². The molecule has 1 heterocycles. The first-order chi connectivity index (χ1) is 26.9. The van der Waals surface area contributed by atoms with Crippen LogP contribution < -0.4 is 9.80 Å². The van der Waals surface area contributed by atoms with Crippen LogP contribution in [0.2, 0.25) is 0 Å². The van der Waals surface area contributed by atoms with Gasteiger partial charge in [-0.25, -0.2) is 0 Å². The minimum absolute atomic E-state index is 0.00334. The van der Waals surface area contributed by atoms with E-state index in [2.05, 4.69) is 206 Å². The second kappa shape index (κ2) is 14.1. The maximum absolute atomic E-state index is 4.60. The molecule has 0 spiro atoms. The maximum atomic E-state index is 4.60. The molecule has 0 radical (unpaired) electrons. The number of aryl methyl sites for hydroxylation is 2. The number of fused-ring (bicyclic) bond motifs is 2. The second-order valence-corrected chi connectivity index (χ2v) is 15.3. The molecule has 1 aromatic heterocycles. The number of anilines is 5. The first kappa shape index (κ1) is 34.3. The van der Waals surface area contributed by atoms with Gasteiger partial charge in [-0.2, -0.15) is 0 Å². The van der Waals surface area contributed by atoms with E-state index in [-0.39, 0.29) is 11.5 Å². The van der Waals surface area contributed by atoms with Crippen LogP contribution in [0.4, 0.5) is 28.4 Å². The molecule has 3 nitrogen and oxygen atoms in total. The van der Waals surface area contributed by atoms with Gasteiger partial charge < -0.3 is 9.80 Å². The monoisotopic (exact) mass is 711 g/mol. The van der Waals surface area contributed by atoms with Gasteiger partial charge in [-0.05, 0) is 125 Å². The number of hydrogen-bond acceptors (Lipinski definition) is 3. The Morgan fingerprint density at radius 2 is 1.07 bits per heavy atom. The van der Waals surface area contributed by atoms with Crippen molar-refractivity contribution in [2.45, 2.75) is 45.6 Å². The molecule has 55 heavy (non-hydrogen) atoms. The van der Waals surface area contributed by atoms with Crippen molar-refractivity contribution in [3.8, 4) is 22.4 Å². The zero-order valence-electron chi connectivity index (χ0n) is 31.9. The van der Waals surface area contributed by atoms with Crippen LogP contribution in [-0.2, 0) is 5.41 Å². The van der Waals surface area contributed by atoms with E-state index in [0.29, 0.717) is 0 Å². The van der Waals surface area contributed by atoms with Gasteiger partial charge in [-0.15, -0.1) is 0 Å². The van der Waals surface area contributed by atoms with E-state index in [4.69, 9.17) is 0 Å². The number of benzene rings is 6. The number of aromatic nitrogens is 1. The van der Waals surface area contributed by atoms with Gasteiger partial charge in [0.2, 0.25) is 0 Å². The molecule has 6 aromatic carbocycles. The zero-order chi connectivity index (χ0) is 37.5. The molecule has 0 fully saturated rings. The number of rotatable bonds is 8. The SMILES string of the molecule is Cc1ccccc1N(c1ccc(-c2ccc(N(c3ccc(-c4ccccn4)cc3)C3C=CC4=C(C3)c3ccccc3C4(C)C)cc2)cc1)c1ccccc1C. The Bertz CT molecular complexity index is 2500. The lowest BCUT2D eigenvalue weighted by atomic mass is 9.79. The lowest BCUT2D eigenvalue weighted by Gasteiger charge is -2.35. The highest BCUT2D eigenvalue weighted by Crippen LogP contribution is 2.51. The van der Waals surface area contributed by atoms with E-state index in [0.717, 1.165) is 29.1 Å². The van der Waals surface area contributed by atoms with Gasteiger partial charge in [0.25, 0.3) is 0 Å². The minimum atomic E-state index is -0.00334. The molecule has 2 aliphatic rings.